The molecule has 0 aliphatic carbocycles. The largest absolute Gasteiger partial charge is 0.472 e. The van der Waals surface area contributed by atoms with Crippen molar-refractivity contribution in [3.05, 3.63) is 79.3 Å². The first kappa shape index (κ1) is 12.1. The van der Waals surface area contributed by atoms with E-state index in [-0.39, 0.29) is 0 Å². The maximum absolute atomic E-state index is 5.18. The molecule has 0 saturated heterocycles. The quantitative estimate of drug-likeness (QED) is 0.674. The number of rotatable bonds is 3. The summed E-state index contributed by atoms with van der Waals surface area (Å²) in [5.41, 5.74) is 3.16. The maximum atomic E-state index is 5.18. The van der Waals surface area contributed by atoms with Crippen LogP contribution in [-0.4, -0.2) is 0 Å². The Labute approximate surface area is 96.8 Å². The van der Waals surface area contributed by atoms with Gasteiger partial charge in [0, 0.05) is 0 Å². The molecule has 0 unspecified atom stereocenters. The van der Waals surface area contributed by atoms with Gasteiger partial charge in [0.15, 0.2) is 0 Å². The van der Waals surface area contributed by atoms with Crippen molar-refractivity contribution in [1.82, 2.24) is 0 Å². The number of allylic oxidation sites excluding steroid dienone is 4. The van der Waals surface area contributed by atoms with E-state index in [1.807, 2.05) is 43.3 Å². The zero-order valence-electron chi connectivity index (χ0n) is 9.52. The first-order chi connectivity index (χ1) is 7.77. The van der Waals surface area contributed by atoms with Crippen molar-refractivity contribution in [1.29, 1.82) is 0 Å². The Bertz CT molecular complexity index is 448. The molecule has 1 nitrogen and oxygen atoms in total. The van der Waals surface area contributed by atoms with Crippen molar-refractivity contribution in [3.8, 4) is 0 Å². The maximum Gasteiger partial charge on any atom is 0.0930 e. The number of hydrogen-bond acceptors (Lipinski definition) is 1. The average molecular weight is 212 g/mol. The van der Waals surface area contributed by atoms with Crippen molar-refractivity contribution in [2.24, 2.45) is 0 Å². The summed E-state index contributed by atoms with van der Waals surface area (Å²) in [6.45, 7) is 9.46. The first-order valence-electron chi connectivity index (χ1n) is 5.10. The van der Waals surface area contributed by atoms with Gasteiger partial charge >= 0.3 is 0 Å². The Morgan fingerprint density at radius 1 is 1.25 bits per heavy atom. The van der Waals surface area contributed by atoms with Crippen LogP contribution in [0.4, 0.5) is 0 Å². The third-order valence-corrected chi connectivity index (χ3v) is 2.06. The Morgan fingerprint density at radius 2 is 2.06 bits per heavy atom. The zero-order chi connectivity index (χ0) is 11.8. The second-order valence-electron chi connectivity index (χ2n) is 3.34. The van der Waals surface area contributed by atoms with Crippen LogP contribution >= 0.6 is 0 Å². The summed E-state index contributed by atoms with van der Waals surface area (Å²) in [6.07, 6.45) is 8.83. The number of aryl methyl sites for hydroxylation is 1. The van der Waals surface area contributed by atoms with Crippen molar-refractivity contribution in [3.63, 3.8) is 0 Å². The van der Waals surface area contributed by atoms with Crippen molar-refractivity contribution in [2.45, 2.75) is 6.92 Å². The molecule has 0 aliphatic rings. The van der Waals surface area contributed by atoms with E-state index >= 15 is 0 Å². The van der Waals surface area contributed by atoms with Gasteiger partial charge in [0.2, 0.25) is 0 Å². The summed E-state index contributed by atoms with van der Waals surface area (Å²) in [5, 5.41) is 0. The molecule has 0 atom stereocenters. The van der Waals surface area contributed by atoms with Gasteiger partial charge in [-0.05, 0) is 29.7 Å². The third kappa shape index (κ3) is 3.62. The molecule has 0 aromatic carbocycles. The van der Waals surface area contributed by atoms with Gasteiger partial charge in [-0.25, -0.2) is 0 Å². The average Bonchev–Trinajstić information content (AvgIpc) is 2.39. The lowest BCUT2D eigenvalue weighted by Gasteiger charge is -1.97. The van der Waals surface area contributed by atoms with Crippen LogP contribution in [0.2, 0.25) is 0 Å². The van der Waals surface area contributed by atoms with Gasteiger partial charge in [0.05, 0.1) is 12.5 Å². The smallest absolute Gasteiger partial charge is 0.0930 e. The van der Waals surface area contributed by atoms with Gasteiger partial charge in [-0.2, -0.15) is 0 Å². The van der Waals surface area contributed by atoms with E-state index < -0.39 is 0 Å². The Morgan fingerprint density at radius 3 is 2.75 bits per heavy atom. The van der Waals surface area contributed by atoms with Gasteiger partial charge in [0.25, 0.3) is 0 Å². The standard InChI is InChI=1S/C15H16O/c1-4-7-14(5-2)15-8-6-11-16-12-13(3)9-10-15/h4-12H,1-2H2,3H3/b10-9?,11-6?,13-12?,14-7+,15-8?. The van der Waals surface area contributed by atoms with Gasteiger partial charge in [0.1, 0.15) is 0 Å². The third-order valence-electron chi connectivity index (χ3n) is 2.06. The summed E-state index contributed by atoms with van der Waals surface area (Å²) >= 11 is 0. The molecule has 0 aliphatic heterocycles. The Kier molecular flexibility index (Phi) is 4.87. The highest BCUT2D eigenvalue weighted by atomic mass is 16.3. The summed E-state index contributed by atoms with van der Waals surface area (Å²) < 4.78 is 5.18. The van der Waals surface area contributed by atoms with Crippen LogP contribution in [0.1, 0.15) is 11.1 Å². The van der Waals surface area contributed by atoms with Crippen LogP contribution in [0.5, 0.6) is 0 Å². The fraction of sp³-hybridized carbons (Fsp3) is 0.0667. The SMILES string of the molecule is C=C/C=C(\C=C)c1cccocc(C)cc1. The molecule has 82 valence electrons. The minimum Gasteiger partial charge on any atom is -0.472 e. The molecule has 0 radical (unpaired) electrons. The van der Waals surface area contributed by atoms with E-state index in [9.17, 15) is 0 Å². The molecule has 0 fully saturated rings. The van der Waals surface area contributed by atoms with Crippen molar-refractivity contribution >= 4 is 5.57 Å². The van der Waals surface area contributed by atoms with Crippen molar-refractivity contribution in [2.75, 3.05) is 0 Å². The molecule has 16 heavy (non-hydrogen) atoms. The fourth-order valence-electron chi connectivity index (χ4n) is 1.25. The van der Waals surface area contributed by atoms with E-state index in [1.165, 1.54) is 0 Å². The van der Waals surface area contributed by atoms with Crippen LogP contribution in [0, 0.1) is 6.92 Å². The van der Waals surface area contributed by atoms with Crippen LogP contribution in [0.15, 0.2) is 72.6 Å². The lowest BCUT2D eigenvalue weighted by molar-refractivity contribution is 0.550. The van der Waals surface area contributed by atoms with Crippen LogP contribution in [0.3, 0.4) is 0 Å². The fourth-order valence-corrected chi connectivity index (χ4v) is 1.25. The lowest BCUT2D eigenvalue weighted by atomic mass is 10.1. The molecule has 0 bridgehead atoms. The number of hydrogen-bond donors (Lipinski definition) is 0. The second kappa shape index (κ2) is 6.46. The highest BCUT2D eigenvalue weighted by molar-refractivity contribution is 5.74. The topological polar surface area (TPSA) is 13.1 Å². The molecule has 0 saturated carbocycles. The minimum atomic E-state index is 1.03. The van der Waals surface area contributed by atoms with E-state index in [0.29, 0.717) is 0 Å². The molecule has 1 rings (SSSR count). The Hall–Kier alpha value is -2.02. The van der Waals surface area contributed by atoms with Crippen LogP contribution < -0.4 is 0 Å². The highest BCUT2D eigenvalue weighted by Crippen LogP contribution is 2.13. The molecular weight excluding hydrogens is 196 g/mol. The van der Waals surface area contributed by atoms with E-state index in [2.05, 4.69) is 13.2 Å². The summed E-state index contributed by atoms with van der Waals surface area (Å²) in [7, 11) is 0. The van der Waals surface area contributed by atoms with Crippen molar-refractivity contribution < 1.29 is 4.42 Å². The zero-order valence-corrected chi connectivity index (χ0v) is 9.52. The molecule has 1 heterocycles. The monoisotopic (exact) mass is 212 g/mol. The lowest BCUT2D eigenvalue weighted by Crippen LogP contribution is -1.76. The predicted molar refractivity (Wildman–Crippen MR) is 69.4 cm³/mol. The van der Waals surface area contributed by atoms with Gasteiger partial charge in [-0.3, -0.25) is 0 Å². The highest BCUT2D eigenvalue weighted by Gasteiger charge is 1.92. The summed E-state index contributed by atoms with van der Waals surface area (Å²) in [5.74, 6) is 0. The predicted octanol–water partition coefficient (Wildman–Crippen LogP) is 4.47. The summed E-state index contributed by atoms with van der Waals surface area (Å²) in [6, 6.07) is 7.86. The normalized spacial score (nSPS) is 10.4. The van der Waals surface area contributed by atoms with E-state index in [0.717, 1.165) is 16.7 Å². The minimum absolute atomic E-state index is 1.03. The summed E-state index contributed by atoms with van der Waals surface area (Å²) in [4.78, 5) is 0. The molecule has 1 heteroatoms. The van der Waals surface area contributed by atoms with Gasteiger partial charge in [-0.1, -0.05) is 49.6 Å². The molecular formula is C15H16O. The molecule has 0 N–H and O–H groups in total. The van der Waals surface area contributed by atoms with Gasteiger partial charge < -0.3 is 4.42 Å². The second-order valence-corrected chi connectivity index (χ2v) is 3.34. The molecule has 1 aromatic rings. The first-order valence-corrected chi connectivity index (χ1v) is 5.10. The van der Waals surface area contributed by atoms with E-state index in [4.69, 9.17) is 4.42 Å². The molecule has 0 amide bonds. The van der Waals surface area contributed by atoms with E-state index in [1.54, 1.807) is 18.6 Å². The van der Waals surface area contributed by atoms with Crippen LogP contribution in [-0.2, 0) is 0 Å². The Balaban J connectivity index is 3.34. The van der Waals surface area contributed by atoms with Gasteiger partial charge in [-0.15, -0.1) is 0 Å². The van der Waals surface area contributed by atoms with Crippen LogP contribution in [0.25, 0.3) is 5.57 Å². The molecule has 1 aromatic heterocycles. The molecule has 0 spiro atoms.